The molecule has 0 saturated carbocycles. The molecule has 0 aliphatic heterocycles. The SMILES string of the molecule is Cl.NS(=O)(=O)c1ccc(CCNCc2ccccc2OCc2ccc(Cl)cc2)cc1. The lowest BCUT2D eigenvalue weighted by Gasteiger charge is -2.12. The van der Waals surface area contributed by atoms with Crippen molar-refractivity contribution < 1.29 is 13.2 Å². The van der Waals surface area contributed by atoms with Crippen LogP contribution in [0.5, 0.6) is 5.75 Å². The van der Waals surface area contributed by atoms with Crippen LogP contribution in [0.25, 0.3) is 0 Å². The van der Waals surface area contributed by atoms with Gasteiger partial charge in [-0.25, -0.2) is 13.6 Å². The Morgan fingerprint density at radius 3 is 2.20 bits per heavy atom. The van der Waals surface area contributed by atoms with E-state index in [-0.39, 0.29) is 17.3 Å². The van der Waals surface area contributed by atoms with Crippen molar-refractivity contribution >= 4 is 34.0 Å². The second-order valence-electron chi connectivity index (χ2n) is 6.64. The average Bonchev–Trinajstić information content (AvgIpc) is 2.71. The highest BCUT2D eigenvalue weighted by Crippen LogP contribution is 2.20. The first-order chi connectivity index (χ1) is 13.9. The molecule has 0 aromatic heterocycles. The van der Waals surface area contributed by atoms with Crippen LogP contribution in [-0.2, 0) is 29.6 Å². The maximum absolute atomic E-state index is 11.3. The van der Waals surface area contributed by atoms with Crippen molar-refractivity contribution in [1.29, 1.82) is 0 Å². The van der Waals surface area contributed by atoms with E-state index in [1.165, 1.54) is 12.1 Å². The average molecular weight is 467 g/mol. The monoisotopic (exact) mass is 466 g/mol. The Hall–Kier alpha value is -2.09. The summed E-state index contributed by atoms with van der Waals surface area (Å²) in [5.74, 6) is 0.840. The smallest absolute Gasteiger partial charge is 0.238 e. The summed E-state index contributed by atoms with van der Waals surface area (Å²) in [7, 11) is -3.65. The molecule has 0 aliphatic carbocycles. The van der Waals surface area contributed by atoms with Crippen LogP contribution in [-0.4, -0.2) is 15.0 Å². The molecule has 0 unspecified atom stereocenters. The van der Waals surface area contributed by atoms with Gasteiger partial charge >= 0.3 is 0 Å². The molecule has 30 heavy (non-hydrogen) atoms. The molecule has 3 rings (SSSR count). The van der Waals surface area contributed by atoms with Gasteiger partial charge in [0.05, 0.1) is 4.90 Å². The molecule has 0 aliphatic rings. The van der Waals surface area contributed by atoms with Gasteiger partial charge in [-0.15, -0.1) is 12.4 Å². The fraction of sp³-hybridized carbons (Fsp3) is 0.182. The minimum Gasteiger partial charge on any atom is -0.489 e. The van der Waals surface area contributed by atoms with Gasteiger partial charge in [0, 0.05) is 17.1 Å². The number of ether oxygens (including phenoxy) is 1. The van der Waals surface area contributed by atoms with Gasteiger partial charge in [0.1, 0.15) is 12.4 Å². The zero-order valence-corrected chi connectivity index (χ0v) is 18.6. The second kappa shape index (κ2) is 11.3. The molecule has 5 nitrogen and oxygen atoms in total. The highest BCUT2D eigenvalue weighted by Gasteiger charge is 2.07. The first-order valence-corrected chi connectivity index (χ1v) is 11.1. The zero-order valence-electron chi connectivity index (χ0n) is 16.3. The predicted octanol–water partition coefficient (Wildman–Crippen LogP) is 4.32. The van der Waals surface area contributed by atoms with Crippen molar-refractivity contribution in [2.45, 2.75) is 24.5 Å². The third-order valence-electron chi connectivity index (χ3n) is 4.44. The van der Waals surface area contributed by atoms with Crippen molar-refractivity contribution in [3.8, 4) is 5.75 Å². The van der Waals surface area contributed by atoms with Gasteiger partial charge < -0.3 is 10.1 Å². The molecule has 0 atom stereocenters. The summed E-state index contributed by atoms with van der Waals surface area (Å²) in [5.41, 5.74) is 3.17. The third kappa shape index (κ3) is 7.31. The van der Waals surface area contributed by atoms with E-state index in [4.69, 9.17) is 21.5 Å². The third-order valence-corrected chi connectivity index (χ3v) is 5.62. The maximum atomic E-state index is 11.3. The van der Waals surface area contributed by atoms with Gasteiger partial charge in [0.2, 0.25) is 10.0 Å². The number of hydrogen-bond donors (Lipinski definition) is 2. The van der Waals surface area contributed by atoms with Gasteiger partial charge in [-0.3, -0.25) is 0 Å². The van der Waals surface area contributed by atoms with Crippen LogP contribution < -0.4 is 15.2 Å². The number of primary sulfonamides is 1. The molecule has 0 heterocycles. The molecule has 0 bridgehead atoms. The van der Waals surface area contributed by atoms with E-state index in [1.54, 1.807) is 12.1 Å². The number of nitrogens with one attached hydrogen (secondary N) is 1. The van der Waals surface area contributed by atoms with E-state index in [0.717, 1.165) is 35.4 Å². The molecule has 0 saturated heterocycles. The number of nitrogens with two attached hydrogens (primary N) is 1. The lowest BCUT2D eigenvalue weighted by molar-refractivity contribution is 0.302. The molecular weight excluding hydrogens is 443 g/mol. The normalized spacial score (nSPS) is 11.0. The highest BCUT2D eigenvalue weighted by atomic mass is 35.5. The quantitative estimate of drug-likeness (QED) is 0.460. The Morgan fingerprint density at radius 2 is 1.53 bits per heavy atom. The van der Waals surface area contributed by atoms with Crippen molar-refractivity contribution in [2.75, 3.05) is 6.54 Å². The van der Waals surface area contributed by atoms with Crippen molar-refractivity contribution in [1.82, 2.24) is 5.32 Å². The number of hydrogen-bond acceptors (Lipinski definition) is 4. The predicted molar refractivity (Wildman–Crippen MR) is 123 cm³/mol. The van der Waals surface area contributed by atoms with E-state index >= 15 is 0 Å². The number of rotatable bonds is 9. The van der Waals surface area contributed by atoms with Crippen LogP contribution in [0.2, 0.25) is 5.02 Å². The van der Waals surface area contributed by atoms with Crippen molar-refractivity contribution in [3.05, 3.63) is 94.5 Å². The van der Waals surface area contributed by atoms with Crippen LogP contribution in [0, 0.1) is 0 Å². The topological polar surface area (TPSA) is 81.4 Å². The Kier molecular flexibility index (Phi) is 9.14. The van der Waals surface area contributed by atoms with Gasteiger partial charge in [-0.2, -0.15) is 0 Å². The van der Waals surface area contributed by atoms with Gasteiger partial charge in [-0.1, -0.05) is 54.1 Å². The van der Waals surface area contributed by atoms with E-state index in [0.29, 0.717) is 18.2 Å². The Labute approximate surface area is 188 Å². The lowest BCUT2D eigenvalue weighted by Crippen LogP contribution is -2.17. The van der Waals surface area contributed by atoms with E-state index in [1.807, 2.05) is 48.5 Å². The molecular formula is C22H24Cl2N2O3S. The molecule has 0 radical (unpaired) electrons. The molecule has 0 amide bonds. The molecule has 8 heteroatoms. The Morgan fingerprint density at radius 1 is 0.900 bits per heavy atom. The summed E-state index contributed by atoms with van der Waals surface area (Å²) in [6.07, 6.45) is 0.776. The summed E-state index contributed by atoms with van der Waals surface area (Å²) >= 11 is 5.92. The van der Waals surface area contributed by atoms with E-state index in [9.17, 15) is 8.42 Å². The molecule has 160 valence electrons. The largest absolute Gasteiger partial charge is 0.489 e. The number of para-hydroxylation sites is 1. The van der Waals surface area contributed by atoms with E-state index < -0.39 is 10.0 Å². The van der Waals surface area contributed by atoms with Gasteiger partial charge in [-0.05, 0) is 54.4 Å². The first-order valence-electron chi connectivity index (χ1n) is 9.19. The molecule has 0 spiro atoms. The summed E-state index contributed by atoms with van der Waals surface area (Å²) in [5, 5.41) is 9.22. The van der Waals surface area contributed by atoms with E-state index in [2.05, 4.69) is 5.32 Å². The first kappa shape index (κ1) is 24.2. The minimum absolute atomic E-state index is 0. The molecule has 3 aromatic rings. The Bertz CT molecular complexity index is 1040. The summed E-state index contributed by atoms with van der Waals surface area (Å²) in [6, 6.07) is 22.2. The Balaban J connectivity index is 0.00000320. The zero-order chi connectivity index (χ0) is 20.7. The van der Waals surface area contributed by atoms with Crippen LogP contribution in [0.1, 0.15) is 16.7 Å². The van der Waals surface area contributed by atoms with Gasteiger partial charge in [0.25, 0.3) is 0 Å². The summed E-state index contributed by atoms with van der Waals surface area (Å²) in [6.45, 7) is 1.90. The lowest BCUT2D eigenvalue weighted by atomic mass is 10.1. The van der Waals surface area contributed by atoms with Crippen molar-refractivity contribution in [3.63, 3.8) is 0 Å². The van der Waals surface area contributed by atoms with Crippen LogP contribution in [0.3, 0.4) is 0 Å². The van der Waals surface area contributed by atoms with Crippen LogP contribution >= 0.6 is 24.0 Å². The summed E-state index contributed by atoms with van der Waals surface area (Å²) < 4.78 is 28.6. The maximum Gasteiger partial charge on any atom is 0.238 e. The molecule has 0 fully saturated rings. The number of halogens is 2. The van der Waals surface area contributed by atoms with Crippen molar-refractivity contribution in [2.24, 2.45) is 5.14 Å². The molecule has 3 N–H and O–H groups in total. The molecule has 3 aromatic carbocycles. The van der Waals surface area contributed by atoms with Crippen LogP contribution in [0.15, 0.2) is 77.7 Å². The van der Waals surface area contributed by atoms with Crippen LogP contribution in [0.4, 0.5) is 0 Å². The number of benzene rings is 3. The standard InChI is InChI=1S/C22H23ClN2O3S.ClH/c23-20-9-5-18(6-10-20)16-28-22-4-2-1-3-19(22)15-25-14-13-17-7-11-21(12-8-17)29(24,26)27;/h1-12,25H,13-16H2,(H2,24,26,27);1H. The van der Waals surface area contributed by atoms with Gasteiger partial charge in [0.15, 0.2) is 0 Å². The summed E-state index contributed by atoms with van der Waals surface area (Å²) in [4.78, 5) is 0.126. The fourth-order valence-electron chi connectivity index (χ4n) is 2.83. The number of sulfonamides is 1. The minimum atomic E-state index is -3.65. The fourth-order valence-corrected chi connectivity index (χ4v) is 3.48. The highest BCUT2D eigenvalue weighted by molar-refractivity contribution is 7.89. The second-order valence-corrected chi connectivity index (χ2v) is 8.64.